The maximum Gasteiger partial charge on any atom is 0.249 e. The van der Waals surface area contributed by atoms with Crippen LogP contribution in [0.5, 0.6) is 0 Å². The predicted octanol–water partition coefficient (Wildman–Crippen LogP) is 1.95. The molecule has 0 aliphatic carbocycles. The van der Waals surface area contributed by atoms with Gasteiger partial charge in [0, 0.05) is 27.2 Å². The first-order valence-electron chi connectivity index (χ1n) is 7.38. The van der Waals surface area contributed by atoms with Crippen LogP contribution in [0.3, 0.4) is 0 Å². The Kier molecular flexibility index (Phi) is 7.84. The van der Waals surface area contributed by atoms with Crippen molar-refractivity contribution in [3.05, 3.63) is 29.6 Å². The molecule has 0 radical (unpaired) electrons. The van der Waals surface area contributed by atoms with Crippen molar-refractivity contribution >= 4 is 11.6 Å². The third kappa shape index (κ3) is 5.99. The number of carbonyl (C=O) groups is 1. The summed E-state index contributed by atoms with van der Waals surface area (Å²) in [5, 5.41) is 2.73. The molecule has 0 aromatic heterocycles. The first-order valence-corrected chi connectivity index (χ1v) is 7.38. The van der Waals surface area contributed by atoms with Crippen molar-refractivity contribution in [1.29, 1.82) is 0 Å². The van der Waals surface area contributed by atoms with Crippen molar-refractivity contribution in [3.63, 3.8) is 0 Å². The van der Waals surface area contributed by atoms with Crippen LogP contribution in [0.25, 0.3) is 0 Å². The van der Waals surface area contributed by atoms with Gasteiger partial charge in [-0.3, -0.25) is 4.79 Å². The second kappa shape index (κ2) is 9.38. The van der Waals surface area contributed by atoms with Gasteiger partial charge in [0.2, 0.25) is 5.91 Å². The highest BCUT2D eigenvalue weighted by molar-refractivity contribution is 5.80. The number of nitrogens with zero attached hydrogens (tertiary/aromatic N) is 1. The molecular weight excluding hydrogens is 287 g/mol. The molecule has 22 heavy (non-hydrogen) atoms. The number of benzene rings is 1. The molecule has 1 N–H and O–H groups in total. The van der Waals surface area contributed by atoms with E-state index < -0.39 is 6.10 Å². The Hall–Kier alpha value is -1.66. The molecule has 1 aromatic rings. The molecule has 124 valence electrons. The molecule has 0 saturated heterocycles. The highest BCUT2D eigenvalue weighted by atomic mass is 19.1. The van der Waals surface area contributed by atoms with E-state index in [0.29, 0.717) is 31.1 Å². The molecule has 1 unspecified atom stereocenters. The number of hydrogen-bond donors (Lipinski definition) is 1. The van der Waals surface area contributed by atoms with E-state index in [4.69, 9.17) is 9.47 Å². The normalized spacial score (nSPS) is 12.0. The van der Waals surface area contributed by atoms with Gasteiger partial charge in [0.05, 0.1) is 18.9 Å². The monoisotopic (exact) mass is 312 g/mol. The summed E-state index contributed by atoms with van der Waals surface area (Å²) >= 11 is 0. The summed E-state index contributed by atoms with van der Waals surface area (Å²) < 4.78 is 24.3. The van der Waals surface area contributed by atoms with E-state index in [1.165, 1.54) is 6.07 Å². The lowest BCUT2D eigenvalue weighted by molar-refractivity contribution is -0.132. The summed E-state index contributed by atoms with van der Waals surface area (Å²) in [6.45, 7) is 5.30. The largest absolute Gasteiger partial charge is 0.379 e. The van der Waals surface area contributed by atoms with Crippen molar-refractivity contribution < 1.29 is 18.7 Å². The van der Waals surface area contributed by atoms with Crippen molar-refractivity contribution in [3.8, 4) is 0 Å². The minimum atomic E-state index is -0.564. The Labute approximate surface area is 131 Å². The topological polar surface area (TPSA) is 50.8 Å². The number of nitrogens with one attached hydrogen (secondary N) is 1. The maximum atomic E-state index is 13.8. The Morgan fingerprint density at radius 2 is 2.09 bits per heavy atom. The fourth-order valence-electron chi connectivity index (χ4n) is 1.86. The predicted molar refractivity (Wildman–Crippen MR) is 84.5 cm³/mol. The van der Waals surface area contributed by atoms with Crippen LogP contribution in [0.1, 0.15) is 19.4 Å². The molecule has 0 saturated carbocycles. The number of halogens is 1. The van der Waals surface area contributed by atoms with Gasteiger partial charge in [-0.2, -0.15) is 0 Å². The molecule has 0 aliphatic rings. The molecule has 1 aromatic carbocycles. The molecule has 0 bridgehead atoms. The Morgan fingerprint density at radius 3 is 2.68 bits per heavy atom. The Balaban J connectivity index is 2.42. The molecule has 1 amide bonds. The van der Waals surface area contributed by atoms with Crippen LogP contribution in [0, 0.1) is 5.82 Å². The lowest BCUT2D eigenvalue weighted by Crippen LogP contribution is -2.34. The molecule has 5 nitrogen and oxygen atoms in total. The summed E-state index contributed by atoms with van der Waals surface area (Å²) in [6, 6.07) is 4.91. The first-order chi connectivity index (χ1) is 10.5. The number of anilines is 1. The van der Waals surface area contributed by atoms with Crippen LogP contribution in [0.15, 0.2) is 18.2 Å². The molecule has 1 rings (SSSR count). The molecule has 0 heterocycles. The average molecular weight is 312 g/mol. The summed E-state index contributed by atoms with van der Waals surface area (Å²) in [5.74, 6) is -0.536. The van der Waals surface area contributed by atoms with E-state index in [0.717, 1.165) is 0 Å². The van der Waals surface area contributed by atoms with Crippen LogP contribution < -0.4 is 10.2 Å². The maximum absolute atomic E-state index is 13.8. The molecule has 0 spiro atoms. The summed E-state index contributed by atoms with van der Waals surface area (Å²) in [5.41, 5.74) is 1.22. The highest BCUT2D eigenvalue weighted by Crippen LogP contribution is 2.18. The highest BCUT2D eigenvalue weighted by Gasteiger charge is 2.13. The average Bonchev–Trinajstić information content (AvgIpc) is 2.48. The van der Waals surface area contributed by atoms with Crippen LogP contribution in [0.2, 0.25) is 0 Å². The zero-order chi connectivity index (χ0) is 16.5. The van der Waals surface area contributed by atoms with Gasteiger partial charge in [-0.25, -0.2) is 4.39 Å². The first kappa shape index (κ1) is 18.4. The molecular formula is C16H25FN2O3. The van der Waals surface area contributed by atoms with E-state index >= 15 is 0 Å². The Bertz CT molecular complexity index is 480. The van der Waals surface area contributed by atoms with Gasteiger partial charge in [-0.1, -0.05) is 6.07 Å². The number of hydrogen-bond acceptors (Lipinski definition) is 4. The van der Waals surface area contributed by atoms with Gasteiger partial charge in [0.15, 0.2) is 0 Å². The number of carbonyl (C=O) groups excluding carboxylic acids is 1. The smallest absolute Gasteiger partial charge is 0.249 e. The summed E-state index contributed by atoms with van der Waals surface area (Å²) in [7, 11) is 3.56. The molecule has 0 fully saturated rings. The van der Waals surface area contributed by atoms with E-state index in [2.05, 4.69) is 5.32 Å². The van der Waals surface area contributed by atoms with Crippen molar-refractivity contribution in [2.75, 3.05) is 38.8 Å². The quantitative estimate of drug-likeness (QED) is 0.708. The van der Waals surface area contributed by atoms with Crippen LogP contribution in [-0.2, 0) is 20.8 Å². The zero-order valence-corrected chi connectivity index (χ0v) is 13.7. The minimum Gasteiger partial charge on any atom is -0.379 e. The van der Waals surface area contributed by atoms with Gasteiger partial charge in [-0.05, 0) is 31.5 Å². The fraction of sp³-hybridized carbons (Fsp3) is 0.562. The van der Waals surface area contributed by atoms with E-state index in [1.54, 1.807) is 38.1 Å². The lowest BCUT2D eigenvalue weighted by atomic mass is 10.2. The van der Waals surface area contributed by atoms with Gasteiger partial charge >= 0.3 is 0 Å². The van der Waals surface area contributed by atoms with Crippen molar-refractivity contribution in [2.45, 2.75) is 26.5 Å². The molecule has 6 heteroatoms. The van der Waals surface area contributed by atoms with Crippen LogP contribution in [-0.4, -0.2) is 45.9 Å². The number of amides is 1. The molecule has 0 aliphatic heterocycles. The Morgan fingerprint density at radius 1 is 1.36 bits per heavy atom. The van der Waals surface area contributed by atoms with E-state index in [1.807, 2.05) is 6.92 Å². The van der Waals surface area contributed by atoms with E-state index in [9.17, 15) is 9.18 Å². The zero-order valence-electron chi connectivity index (χ0n) is 13.7. The summed E-state index contributed by atoms with van der Waals surface area (Å²) in [6.07, 6.45) is -0.564. The van der Waals surface area contributed by atoms with Gasteiger partial charge in [0.1, 0.15) is 11.9 Å². The second-order valence-electron chi connectivity index (χ2n) is 5.11. The standard InChI is InChI=1S/C16H25FN2O3/c1-5-21-8-9-22-12(2)16(20)18-11-13-6-7-15(19(3)4)14(17)10-13/h6-7,10,12H,5,8-9,11H2,1-4H3,(H,18,20). The fourth-order valence-corrected chi connectivity index (χ4v) is 1.86. The van der Waals surface area contributed by atoms with E-state index in [-0.39, 0.29) is 18.3 Å². The van der Waals surface area contributed by atoms with Crippen molar-refractivity contribution in [2.24, 2.45) is 0 Å². The van der Waals surface area contributed by atoms with Crippen LogP contribution >= 0.6 is 0 Å². The lowest BCUT2D eigenvalue weighted by Gasteiger charge is -2.15. The third-order valence-corrected chi connectivity index (χ3v) is 3.13. The van der Waals surface area contributed by atoms with Crippen molar-refractivity contribution in [1.82, 2.24) is 5.32 Å². The third-order valence-electron chi connectivity index (χ3n) is 3.13. The number of ether oxygens (including phenoxy) is 2. The second-order valence-corrected chi connectivity index (χ2v) is 5.11. The van der Waals surface area contributed by atoms with Crippen LogP contribution in [0.4, 0.5) is 10.1 Å². The SMILES string of the molecule is CCOCCOC(C)C(=O)NCc1ccc(N(C)C)c(F)c1. The molecule has 1 atom stereocenters. The number of rotatable bonds is 9. The minimum absolute atomic E-state index is 0.228. The van der Waals surface area contributed by atoms with Gasteiger partial charge < -0.3 is 19.7 Å². The summed E-state index contributed by atoms with van der Waals surface area (Å²) in [4.78, 5) is 13.6. The van der Waals surface area contributed by atoms with Gasteiger partial charge in [0.25, 0.3) is 0 Å². The van der Waals surface area contributed by atoms with Gasteiger partial charge in [-0.15, -0.1) is 0 Å².